The number of ether oxygens (including phenoxy) is 3. The van der Waals surface area contributed by atoms with Gasteiger partial charge in [-0.05, 0) is 13.8 Å². The number of methoxy groups -OCH3 is 1. The molecular weight excluding hydrogens is 260 g/mol. The largest absolute Gasteiger partial charge is 0.468 e. The number of esters is 1. The van der Waals surface area contributed by atoms with Gasteiger partial charge in [0.1, 0.15) is 6.04 Å². The van der Waals surface area contributed by atoms with E-state index in [1.807, 2.05) is 0 Å². The van der Waals surface area contributed by atoms with Crippen LogP contribution in [0, 0.1) is 0 Å². The number of carbonyl (C=O) groups excluding carboxylic acids is 1. The normalized spacial score (nSPS) is 29.6. The summed E-state index contributed by atoms with van der Waals surface area (Å²) in [6.07, 6.45) is 0.149. The first-order chi connectivity index (χ1) is 9.61. The van der Waals surface area contributed by atoms with E-state index in [0.29, 0.717) is 19.3 Å². The lowest BCUT2D eigenvalue weighted by Crippen LogP contribution is -2.56. The molecular formula is C14H26N2O4. The molecule has 2 aliphatic heterocycles. The van der Waals surface area contributed by atoms with Crippen molar-refractivity contribution in [2.75, 3.05) is 53.1 Å². The van der Waals surface area contributed by atoms with Crippen LogP contribution < -0.4 is 0 Å². The lowest BCUT2D eigenvalue weighted by molar-refractivity contribution is -0.155. The summed E-state index contributed by atoms with van der Waals surface area (Å²) >= 11 is 0. The van der Waals surface area contributed by atoms with E-state index < -0.39 is 0 Å². The second-order valence-corrected chi connectivity index (χ2v) is 5.69. The maximum Gasteiger partial charge on any atom is 0.325 e. The molecule has 0 aromatic heterocycles. The van der Waals surface area contributed by atoms with Crippen LogP contribution in [0.2, 0.25) is 0 Å². The zero-order chi connectivity index (χ0) is 14.5. The van der Waals surface area contributed by atoms with Gasteiger partial charge < -0.3 is 14.2 Å². The Hall–Kier alpha value is -0.690. The Labute approximate surface area is 120 Å². The SMILES string of the molecule is COC(=O)C1COCCN1CC1CN(C(C)C)CCO1. The fraction of sp³-hybridized carbons (Fsp3) is 0.929. The molecule has 116 valence electrons. The molecule has 0 N–H and O–H groups in total. The van der Waals surface area contributed by atoms with Crippen LogP contribution in [0.3, 0.4) is 0 Å². The number of hydrogen-bond acceptors (Lipinski definition) is 6. The topological polar surface area (TPSA) is 51.2 Å². The summed E-state index contributed by atoms with van der Waals surface area (Å²) < 4.78 is 16.1. The highest BCUT2D eigenvalue weighted by molar-refractivity contribution is 5.75. The molecule has 6 heteroatoms. The van der Waals surface area contributed by atoms with Crippen LogP contribution in [-0.4, -0.2) is 87.1 Å². The highest BCUT2D eigenvalue weighted by Gasteiger charge is 2.33. The Balaban J connectivity index is 1.91. The molecule has 0 spiro atoms. The summed E-state index contributed by atoms with van der Waals surface area (Å²) in [5, 5.41) is 0. The molecule has 0 bridgehead atoms. The first-order valence-electron chi connectivity index (χ1n) is 7.37. The Morgan fingerprint density at radius 2 is 2.15 bits per heavy atom. The van der Waals surface area contributed by atoms with Gasteiger partial charge in [-0.2, -0.15) is 0 Å². The Morgan fingerprint density at radius 1 is 1.35 bits per heavy atom. The third kappa shape index (κ3) is 3.91. The molecule has 0 saturated carbocycles. The number of morpholine rings is 2. The van der Waals surface area contributed by atoms with Crippen molar-refractivity contribution in [3.63, 3.8) is 0 Å². The van der Waals surface area contributed by atoms with Gasteiger partial charge in [0.25, 0.3) is 0 Å². The van der Waals surface area contributed by atoms with Crippen molar-refractivity contribution >= 4 is 5.97 Å². The predicted octanol–water partition coefficient (Wildman–Crippen LogP) is -0.0306. The molecule has 0 amide bonds. The van der Waals surface area contributed by atoms with Crippen LogP contribution in [0.25, 0.3) is 0 Å². The first kappa shape index (κ1) is 15.7. The third-order valence-electron chi connectivity index (χ3n) is 4.05. The van der Waals surface area contributed by atoms with Gasteiger partial charge in [-0.15, -0.1) is 0 Å². The smallest absolute Gasteiger partial charge is 0.325 e. The number of rotatable bonds is 4. The van der Waals surface area contributed by atoms with Crippen LogP contribution in [0.4, 0.5) is 0 Å². The minimum Gasteiger partial charge on any atom is -0.468 e. The van der Waals surface area contributed by atoms with E-state index in [1.165, 1.54) is 7.11 Å². The van der Waals surface area contributed by atoms with E-state index in [-0.39, 0.29) is 18.1 Å². The van der Waals surface area contributed by atoms with Crippen LogP contribution in [0.5, 0.6) is 0 Å². The van der Waals surface area contributed by atoms with E-state index in [4.69, 9.17) is 14.2 Å². The summed E-state index contributed by atoms with van der Waals surface area (Å²) in [4.78, 5) is 16.3. The van der Waals surface area contributed by atoms with Gasteiger partial charge in [-0.25, -0.2) is 0 Å². The summed E-state index contributed by atoms with van der Waals surface area (Å²) in [6, 6.07) is 0.231. The molecule has 2 heterocycles. The summed E-state index contributed by atoms with van der Waals surface area (Å²) in [5.41, 5.74) is 0. The zero-order valence-electron chi connectivity index (χ0n) is 12.7. The van der Waals surface area contributed by atoms with E-state index >= 15 is 0 Å². The summed E-state index contributed by atoms with van der Waals surface area (Å²) in [5.74, 6) is -0.221. The van der Waals surface area contributed by atoms with Crippen molar-refractivity contribution in [1.29, 1.82) is 0 Å². The van der Waals surface area contributed by atoms with E-state index in [1.54, 1.807) is 0 Å². The minimum absolute atomic E-state index is 0.149. The van der Waals surface area contributed by atoms with Gasteiger partial charge in [0, 0.05) is 32.2 Å². The van der Waals surface area contributed by atoms with Crippen LogP contribution >= 0.6 is 0 Å². The average Bonchev–Trinajstić information content (AvgIpc) is 2.47. The molecule has 2 atom stereocenters. The highest BCUT2D eigenvalue weighted by Crippen LogP contribution is 2.14. The highest BCUT2D eigenvalue weighted by atomic mass is 16.5. The molecule has 2 fully saturated rings. The first-order valence-corrected chi connectivity index (χ1v) is 7.37. The average molecular weight is 286 g/mol. The van der Waals surface area contributed by atoms with Crippen molar-refractivity contribution < 1.29 is 19.0 Å². The maximum atomic E-state index is 11.8. The van der Waals surface area contributed by atoms with Gasteiger partial charge in [0.05, 0.1) is 33.0 Å². The fourth-order valence-corrected chi connectivity index (χ4v) is 2.79. The standard InChI is InChI=1S/C14H26N2O4/c1-11(2)15-5-7-20-12(8-15)9-16-4-6-19-10-13(16)14(17)18-3/h11-13H,4-10H2,1-3H3. The van der Waals surface area contributed by atoms with Crippen molar-refractivity contribution in [1.82, 2.24) is 9.80 Å². The quantitative estimate of drug-likeness (QED) is 0.677. The lowest BCUT2D eigenvalue weighted by Gasteiger charge is -2.40. The Kier molecular flexibility index (Phi) is 5.77. The summed E-state index contributed by atoms with van der Waals surface area (Å²) in [6.45, 7) is 9.65. The molecule has 0 radical (unpaired) electrons. The van der Waals surface area contributed by atoms with Gasteiger partial charge >= 0.3 is 5.97 Å². The minimum atomic E-state index is -0.299. The molecule has 0 aromatic rings. The zero-order valence-corrected chi connectivity index (χ0v) is 12.7. The molecule has 6 nitrogen and oxygen atoms in total. The Bertz CT molecular complexity index is 324. The monoisotopic (exact) mass is 286 g/mol. The lowest BCUT2D eigenvalue weighted by atomic mass is 10.1. The number of hydrogen-bond donors (Lipinski definition) is 0. The molecule has 2 aliphatic rings. The molecule has 2 unspecified atom stereocenters. The van der Waals surface area contributed by atoms with Crippen LogP contribution in [0.1, 0.15) is 13.8 Å². The van der Waals surface area contributed by atoms with E-state index in [9.17, 15) is 4.79 Å². The second kappa shape index (κ2) is 7.36. The molecule has 20 heavy (non-hydrogen) atoms. The Morgan fingerprint density at radius 3 is 2.85 bits per heavy atom. The summed E-state index contributed by atoms with van der Waals surface area (Å²) in [7, 11) is 1.42. The van der Waals surface area contributed by atoms with E-state index in [0.717, 1.165) is 32.8 Å². The predicted molar refractivity (Wildman–Crippen MR) is 74.6 cm³/mol. The maximum absolute atomic E-state index is 11.8. The van der Waals surface area contributed by atoms with Gasteiger partial charge in [0.2, 0.25) is 0 Å². The fourth-order valence-electron chi connectivity index (χ4n) is 2.79. The van der Waals surface area contributed by atoms with Gasteiger partial charge in [0.15, 0.2) is 0 Å². The van der Waals surface area contributed by atoms with Crippen molar-refractivity contribution in [2.24, 2.45) is 0 Å². The van der Waals surface area contributed by atoms with Crippen LogP contribution in [0.15, 0.2) is 0 Å². The van der Waals surface area contributed by atoms with Crippen molar-refractivity contribution in [3.05, 3.63) is 0 Å². The molecule has 0 aliphatic carbocycles. The van der Waals surface area contributed by atoms with Crippen molar-refractivity contribution in [3.8, 4) is 0 Å². The molecule has 0 aromatic carbocycles. The van der Waals surface area contributed by atoms with Crippen LogP contribution in [-0.2, 0) is 19.0 Å². The second-order valence-electron chi connectivity index (χ2n) is 5.69. The number of nitrogens with zero attached hydrogens (tertiary/aromatic N) is 2. The van der Waals surface area contributed by atoms with Crippen molar-refractivity contribution in [2.45, 2.75) is 32.0 Å². The third-order valence-corrected chi connectivity index (χ3v) is 4.05. The van der Waals surface area contributed by atoms with E-state index in [2.05, 4.69) is 23.6 Å². The molecule has 2 saturated heterocycles. The molecule has 2 rings (SSSR count). The van der Waals surface area contributed by atoms with Gasteiger partial charge in [-0.1, -0.05) is 0 Å². The van der Waals surface area contributed by atoms with Gasteiger partial charge in [-0.3, -0.25) is 14.6 Å². The number of carbonyl (C=O) groups is 1.